The molecule has 0 amide bonds. The summed E-state index contributed by atoms with van der Waals surface area (Å²) in [5, 5.41) is 4.69. The molecule has 2 heterocycles. The van der Waals surface area contributed by atoms with Crippen molar-refractivity contribution in [2.75, 3.05) is 4.90 Å². The van der Waals surface area contributed by atoms with Crippen LogP contribution in [-0.2, 0) is 0 Å². The van der Waals surface area contributed by atoms with Crippen molar-refractivity contribution in [3.05, 3.63) is 243 Å². The highest BCUT2D eigenvalue weighted by atomic mass is 16.3. The fourth-order valence-corrected chi connectivity index (χ4v) is 9.32. The summed E-state index contributed by atoms with van der Waals surface area (Å²) in [6.07, 6.45) is 0. The molecule has 0 saturated heterocycles. The van der Waals surface area contributed by atoms with Gasteiger partial charge in [-0.2, -0.15) is 0 Å². The number of para-hydroxylation sites is 3. The average Bonchev–Trinajstić information content (AvgIpc) is 3.91. The molecule has 2 aromatic heterocycles. The van der Waals surface area contributed by atoms with E-state index in [4.69, 9.17) is 4.42 Å². The van der Waals surface area contributed by atoms with Crippen molar-refractivity contribution in [3.8, 4) is 50.2 Å². The summed E-state index contributed by atoms with van der Waals surface area (Å²) >= 11 is 0. The van der Waals surface area contributed by atoms with E-state index in [9.17, 15) is 0 Å². The van der Waals surface area contributed by atoms with Crippen molar-refractivity contribution in [3.63, 3.8) is 0 Å². The molecule has 12 rings (SSSR count). The standard InChI is InChI=1S/C60H40N2O/c1-4-14-41(15-5-1)43-24-31-49(32-25-43)61(50-33-26-44(27-34-50)42-16-6-2-7-17-42)51-35-28-45(29-36-51)55-38-47(39-56-54-21-11-13-23-59(54)63-60(55)56)46-30-37-53-52-20-10-12-22-57(52)62(58(53)40-46)48-18-8-3-9-19-48/h1-40H. The summed E-state index contributed by atoms with van der Waals surface area (Å²) in [5.41, 5.74) is 17.7. The molecule has 0 bridgehead atoms. The van der Waals surface area contributed by atoms with Crippen molar-refractivity contribution in [1.82, 2.24) is 4.57 Å². The zero-order valence-electron chi connectivity index (χ0n) is 34.4. The van der Waals surface area contributed by atoms with Crippen LogP contribution < -0.4 is 4.90 Å². The molecule has 3 heteroatoms. The summed E-state index contributed by atoms with van der Waals surface area (Å²) in [6, 6.07) is 87.0. The first-order chi connectivity index (χ1) is 31.2. The van der Waals surface area contributed by atoms with Gasteiger partial charge in [-0.25, -0.2) is 0 Å². The van der Waals surface area contributed by atoms with E-state index in [-0.39, 0.29) is 0 Å². The highest BCUT2D eigenvalue weighted by Crippen LogP contribution is 2.43. The normalized spacial score (nSPS) is 11.5. The maximum absolute atomic E-state index is 6.71. The Hall–Kier alpha value is -8.40. The maximum Gasteiger partial charge on any atom is 0.143 e. The van der Waals surface area contributed by atoms with E-state index >= 15 is 0 Å². The SMILES string of the molecule is c1ccc(-c2ccc(N(c3ccc(-c4ccccc4)cc3)c3ccc(-c4cc(-c5ccc6c7ccccc7n(-c7ccccc7)c6c5)cc5c4oc4ccccc45)cc3)cc2)cc1. The van der Waals surface area contributed by atoms with E-state index in [0.717, 1.165) is 66.9 Å². The van der Waals surface area contributed by atoms with Crippen molar-refractivity contribution in [1.29, 1.82) is 0 Å². The van der Waals surface area contributed by atoms with Gasteiger partial charge in [0, 0.05) is 49.9 Å². The average molecular weight is 805 g/mol. The van der Waals surface area contributed by atoms with Crippen LogP contribution >= 0.6 is 0 Å². The van der Waals surface area contributed by atoms with Crippen molar-refractivity contribution >= 4 is 60.8 Å². The Balaban J connectivity index is 0.987. The second-order valence-corrected chi connectivity index (χ2v) is 16.1. The summed E-state index contributed by atoms with van der Waals surface area (Å²) in [7, 11) is 0. The first-order valence-corrected chi connectivity index (χ1v) is 21.5. The minimum atomic E-state index is 0.881. The Kier molecular flexibility index (Phi) is 8.83. The Morgan fingerprint density at radius 3 is 1.40 bits per heavy atom. The van der Waals surface area contributed by atoms with Crippen LogP contribution in [0, 0.1) is 0 Å². The van der Waals surface area contributed by atoms with Crippen LogP contribution in [0.2, 0.25) is 0 Å². The van der Waals surface area contributed by atoms with E-state index < -0.39 is 0 Å². The monoisotopic (exact) mass is 804 g/mol. The van der Waals surface area contributed by atoms with Crippen LogP contribution in [0.4, 0.5) is 17.1 Å². The molecule has 0 atom stereocenters. The maximum atomic E-state index is 6.71. The quantitative estimate of drug-likeness (QED) is 0.153. The van der Waals surface area contributed by atoms with E-state index in [0.29, 0.717) is 0 Å². The smallest absolute Gasteiger partial charge is 0.143 e. The van der Waals surface area contributed by atoms with Crippen LogP contribution in [-0.4, -0.2) is 4.57 Å². The lowest BCUT2D eigenvalue weighted by atomic mass is 9.95. The predicted molar refractivity (Wildman–Crippen MR) is 264 cm³/mol. The molecule has 10 aromatic carbocycles. The lowest BCUT2D eigenvalue weighted by molar-refractivity contribution is 0.670. The third-order valence-electron chi connectivity index (χ3n) is 12.4. The number of hydrogen-bond acceptors (Lipinski definition) is 2. The minimum absolute atomic E-state index is 0.881. The summed E-state index contributed by atoms with van der Waals surface area (Å²) < 4.78 is 9.10. The number of hydrogen-bond donors (Lipinski definition) is 0. The molecule has 0 radical (unpaired) electrons. The highest BCUT2D eigenvalue weighted by molar-refractivity contribution is 6.13. The van der Waals surface area contributed by atoms with Gasteiger partial charge in [0.15, 0.2) is 0 Å². The fraction of sp³-hybridized carbons (Fsp3) is 0. The molecule has 0 spiro atoms. The van der Waals surface area contributed by atoms with Gasteiger partial charge in [-0.05, 0) is 118 Å². The number of fused-ring (bicyclic) bond motifs is 6. The van der Waals surface area contributed by atoms with E-state index in [1.165, 1.54) is 44.1 Å². The van der Waals surface area contributed by atoms with Gasteiger partial charge in [0.25, 0.3) is 0 Å². The number of anilines is 3. The molecule has 296 valence electrons. The molecule has 0 aliphatic rings. The lowest BCUT2D eigenvalue weighted by Crippen LogP contribution is -2.09. The zero-order valence-corrected chi connectivity index (χ0v) is 34.4. The Morgan fingerprint density at radius 1 is 0.302 bits per heavy atom. The molecule has 0 saturated carbocycles. The molecule has 3 nitrogen and oxygen atoms in total. The Bertz CT molecular complexity index is 3490. The molecule has 0 N–H and O–H groups in total. The molecular weight excluding hydrogens is 765 g/mol. The van der Waals surface area contributed by atoms with Crippen LogP contribution in [0.15, 0.2) is 247 Å². The van der Waals surface area contributed by atoms with Gasteiger partial charge >= 0.3 is 0 Å². The van der Waals surface area contributed by atoms with Crippen molar-refractivity contribution in [2.24, 2.45) is 0 Å². The number of nitrogens with zero attached hydrogens (tertiary/aromatic N) is 2. The van der Waals surface area contributed by atoms with Gasteiger partial charge in [-0.3, -0.25) is 0 Å². The van der Waals surface area contributed by atoms with Gasteiger partial charge in [-0.15, -0.1) is 0 Å². The van der Waals surface area contributed by atoms with Gasteiger partial charge in [0.1, 0.15) is 11.2 Å². The van der Waals surface area contributed by atoms with Gasteiger partial charge in [0.05, 0.1) is 11.0 Å². The molecule has 0 aliphatic carbocycles. The number of furan rings is 1. The molecule has 12 aromatic rings. The predicted octanol–water partition coefficient (Wildman–Crippen LogP) is 16.8. The van der Waals surface area contributed by atoms with E-state index in [2.05, 4.69) is 246 Å². The first-order valence-electron chi connectivity index (χ1n) is 21.5. The third-order valence-corrected chi connectivity index (χ3v) is 12.4. The molecule has 0 unspecified atom stereocenters. The number of benzene rings is 10. The van der Waals surface area contributed by atoms with Crippen molar-refractivity contribution in [2.45, 2.75) is 0 Å². The largest absolute Gasteiger partial charge is 0.455 e. The first kappa shape index (κ1) is 36.5. The fourth-order valence-electron chi connectivity index (χ4n) is 9.32. The van der Waals surface area contributed by atoms with Crippen LogP contribution in [0.1, 0.15) is 0 Å². The molecule has 63 heavy (non-hydrogen) atoms. The summed E-state index contributed by atoms with van der Waals surface area (Å²) in [6.45, 7) is 0. The summed E-state index contributed by atoms with van der Waals surface area (Å²) in [4.78, 5) is 2.33. The van der Waals surface area contributed by atoms with Crippen molar-refractivity contribution < 1.29 is 4.42 Å². The minimum Gasteiger partial charge on any atom is -0.455 e. The van der Waals surface area contributed by atoms with Crippen LogP contribution in [0.5, 0.6) is 0 Å². The van der Waals surface area contributed by atoms with Crippen LogP contribution in [0.25, 0.3) is 93.9 Å². The molecule has 0 fully saturated rings. The lowest BCUT2D eigenvalue weighted by Gasteiger charge is -2.26. The second kappa shape index (κ2) is 15.3. The Morgan fingerprint density at radius 2 is 0.778 bits per heavy atom. The van der Waals surface area contributed by atoms with Gasteiger partial charge < -0.3 is 13.9 Å². The number of aromatic nitrogens is 1. The van der Waals surface area contributed by atoms with Crippen LogP contribution in [0.3, 0.4) is 0 Å². The Labute approximate surface area is 366 Å². The van der Waals surface area contributed by atoms with E-state index in [1.54, 1.807) is 0 Å². The highest BCUT2D eigenvalue weighted by Gasteiger charge is 2.19. The topological polar surface area (TPSA) is 21.3 Å². The van der Waals surface area contributed by atoms with Gasteiger partial charge in [-0.1, -0.05) is 164 Å². The second-order valence-electron chi connectivity index (χ2n) is 16.1. The summed E-state index contributed by atoms with van der Waals surface area (Å²) in [5.74, 6) is 0. The third kappa shape index (κ3) is 6.46. The van der Waals surface area contributed by atoms with E-state index in [1.807, 2.05) is 6.07 Å². The molecule has 0 aliphatic heterocycles. The van der Waals surface area contributed by atoms with Gasteiger partial charge in [0.2, 0.25) is 0 Å². The zero-order chi connectivity index (χ0) is 41.7. The number of rotatable bonds is 8. The molecular formula is C60H40N2O.